The molecule has 2 N–H and O–H groups in total. The van der Waals surface area contributed by atoms with Crippen LogP contribution in [0.15, 0.2) is 66.2 Å². The van der Waals surface area contributed by atoms with E-state index in [2.05, 4.69) is 59.1 Å². The van der Waals surface area contributed by atoms with Crippen LogP contribution >= 0.6 is 0 Å². The molecule has 1 fully saturated rings. The maximum Gasteiger partial charge on any atom is 0.251 e. The summed E-state index contributed by atoms with van der Waals surface area (Å²) >= 11 is 0. The number of nitrogens with one attached hydrogen (secondary N) is 2. The molecule has 5 rings (SSSR count). The van der Waals surface area contributed by atoms with E-state index in [4.69, 9.17) is 4.74 Å². The van der Waals surface area contributed by atoms with Gasteiger partial charge in [-0.05, 0) is 73.4 Å². The minimum atomic E-state index is -0.00814. The zero-order valence-electron chi connectivity index (χ0n) is 23.2. The van der Waals surface area contributed by atoms with Gasteiger partial charge in [-0.3, -0.25) is 9.79 Å². The second-order valence-corrected chi connectivity index (χ2v) is 10.9. The normalized spacial score (nSPS) is 17.8. The van der Waals surface area contributed by atoms with Crippen molar-refractivity contribution in [3.63, 3.8) is 0 Å². The molecule has 3 heterocycles. The van der Waals surface area contributed by atoms with E-state index in [-0.39, 0.29) is 11.9 Å². The summed E-state index contributed by atoms with van der Waals surface area (Å²) in [6, 6.07) is 14.8. The Morgan fingerprint density at radius 3 is 2.72 bits per heavy atom. The van der Waals surface area contributed by atoms with Gasteiger partial charge in [0, 0.05) is 54.4 Å². The van der Waals surface area contributed by atoms with Crippen molar-refractivity contribution in [2.24, 2.45) is 10.9 Å². The Kier molecular flexibility index (Phi) is 9.10. The van der Waals surface area contributed by atoms with Gasteiger partial charge in [-0.15, -0.1) is 6.58 Å². The molecule has 0 aliphatic carbocycles. The van der Waals surface area contributed by atoms with Gasteiger partial charge < -0.3 is 15.0 Å². The Balaban J connectivity index is 1.32. The quantitative estimate of drug-likeness (QED) is 0.202. The number of nitrogens with zero attached hydrogens (tertiary/aromatic N) is 1. The van der Waals surface area contributed by atoms with Crippen molar-refractivity contribution in [1.82, 2.24) is 10.3 Å². The van der Waals surface area contributed by atoms with E-state index < -0.39 is 0 Å². The average Bonchev–Trinajstić information content (AvgIpc) is 3.34. The number of aliphatic imine (C=N–C) groups is 1. The summed E-state index contributed by atoms with van der Waals surface area (Å²) < 4.78 is 5.46. The fourth-order valence-electron chi connectivity index (χ4n) is 5.86. The lowest BCUT2D eigenvalue weighted by Crippen LogP contribution is -2.24. The summed E-state index contributed by atoms with van der Waals surface area (Å²) in [5.74, 6) is 0.809. The number of H-pyrrole nitrogens is 1. The third-order valence-corrected chi connectivity index (χ3v) is 8.11. The van der Waals surface area contributed by atoms with Crippen molar-refractivity contribution in [2.75, 3.05) is 19.8 Å². The number of carbonyl (C=O) groups excluding carboxylic acids is 1. The van der Waals surface area contributed by atoms with Crippen LogP contribution < -0.4 is 5.32 Å². The summed E-state index contributed by atoms with van der Waals surface area (Å²) in [6.45, 7) is 8.54. The number of amides is 1. The number of hydrogen-bond acceptors (Lipinski definition) is 3. The first-order chi connectivity index (χ1) is 19.1. The highest BCUT2D eigenvalue weighted by Crippen LogP contribution is 2.39. The molecule has 1 amide bonds. The van der Waals surface area contributed by atoms with Gasteiger partial charge in [0.1, 0.15) is 0 Å². The van der Waals surface area contributed by atoms with Crippen LogP contribution in [0.2, 0.25) is 0 Å². The van der Waals surface area contributed by atoms with Crippen LogP contribution in [-0.2, 0) is 11.2 Å². The Morgan fingerprint density at radius 2 is 1.95 bits per heavy atom. The van der Waals surface area contributed by atoms with Crippen molar-refractivity contribution in [1.29, 1.82) is 0 Å². The second-order valence-electron chi connectivity index (χ2n) is 10.9. The first-order valence-electron chi connectivity index (χ1n) is 14.6. The van der Waals surface area contributed by atoms with E-state index in [9.17, 15) is 4.79 Å². The summed E-state index contributed by atoms with van der Waals surface area (Å²) in [6.07, 6.45) is 14.9. The van der Waals surface area contributed by atoms with Crippen molar-refractivity contribution in [3.8, 4) is 11.1 Å². The van der Waals surface area contributed by atoms with Gasteiger partial charge in [0.2, 0.25) is 0 Å². The van der Waals surface area contributed by atoms with Gasteiger partial charge in [0.25, 0.3) is 5.91 Å². The van der Waals surface area contributed by atoms with Gasteiger partial charge in [0.15, 0.2) is 0 Å². The number of ether oxygens (including phenoxy) is 1. The van der Waals surface area contributed by atoms with Crippen molar-refractivity contribution < 1.29 is 9.53 Å². The molecular weight excluding hydrogens is 482 g/mol. The zero-order valence-corrected chi connectivity index (χ0v) is 23.2. The molecule has 1 saturated heterocycles. The fraction of sp³-hybridized carbons (Fsp3) is 0.412. The third-order valence-electron chi connectivity index (χ3n) is 8.11. The van der Waals surface area contributed by atoms with Crippen LogP contribution in [0.4, 0.5) is 0 Å². The molecule has 3 aromatic rings. The molecule has 39 heavy (non-hydrogen) atoms. The molecular formula is C34H41N3O2. The molecule has 204 valence electrons. The minimum absolute atomic E-state index is 0.00814. The number of unbranched alkanes of at least 4 members (excludes halogenated alkanes) is 2. The molecule has 2 aromatic carbocycles. The molecule has 5 heteroatoms. The number of fused-ring (bicyclic) bond motifs is 1. The lowest BCUT2D eigenvalue weighted by Gasteiger charge is -2.21. The summed E-state index contributed by atoms with van der Waals surface area (Å²) in [4.78, 5) is 21.4. The number of carbonyl (C=O) groups is 1. The monoisotopic (exact) mass is 523 g/mol. The molecule has 1 unspecified atom stereocenters. The fourth-order valence-corrected chi connectivity index (χ4v) is 5.86. The lowest BCUT2D eigenvalue weighted by atomic mass is 9.93. The average molecular weight is 524 g/mol. The smallest absolute Gasteiger partial charge is 0.251 e. The lowest BCUT2D eigenvalue weighted by molar-refractivity contribution is 0.0631. The molecule has 0 saturated carbocycles. The Morgan fingerprint density at radius 1 is 1.13 bits per heavy atom. The number of rotatable bonds is 11. The maximum absolute atomic E-state index is 13.1. The van der Waals surface area contributed by atoms with Gasteiger partial charge in [-0.25, -0.2) is 0 Å². The van der Waals surface area contributed by atoms with Gasteiger partial charge in [0.05, 0.1) is 11.7 Å². The second kappa shape index (κ2) is 13.1. The number of allylic oxidation sites excluding steroid dienone is 2. The molecule has 1 atom stereocenters. The van der Waals surface area contributed by atoms with Crippen LogP contribution in [0.1, 0.15) is 73.5 Å². The topological polar surface area (TPSA) is 66.5 Å². The molecule has 0 bridgehead atoms. The highest BCUT2D eigenvalue weighted by Gasteiger charge is 2.22. The van der Waals surface area contributed by atoms with Crippen LogP contribution in [0.5, 0.6) is 0 Å². The predicted molar refractivity (Wildman–Crippen MR) is 163 cm³/mol. The van der Waals surface area contributed by atoms with Crippen LogP contribution in [0.25, 0.3) is 27.6 Å². The molecule has 2 aliphatic rings. The van der Waals surface area contributed by atoms with Crippen molar-refractivity contribution >= 4 is 28.6 Å². The first-order valence-corrected chi connectivity index (χ1v) is 14.6. The minimum Gasteiger partial charge on any atom is -0.381 e. The van der Waals surface area contributed by atoms with E-state index in [1.807, 2.05) is 30.5 Å². The maximum atomic E-state index is 13.1. The molecule has 0 radical (unpaired) electrons. The third kappa shape index (κ3) is 6.59. The Labute approximate surface area is 232 Å². The van der Waals surface area contributed by atoms with Crippen LogP contribution in [0, 0.1) is 5.92 Å². The van der Waals surface area contributed by atoms with Gasteiger partial charge in [-0.2, -0.15) is 0 Å². The first kappa shape index (κ1) is 27.1. The van der Waals surface area contributed by atoms with Crippen molar-refractivity contribution in [2.45, 2.75) is 64.3 Å². The predicted octanol–water partition coefficient (Wildman–Crippen LogP) is 7.53. The highest BCUT2D eigenvalue weighted by atomic mass is 16.5. The summed E-state index contributed by atoms with van der Waals surface area (Å²) in [5, 5.41) is 4.21. The van der Waals surface area contributed by atoms with Crippen LogP contribution in [-0.4, -0.2) is 42.9 Å². The standard InChI is InChI=1S/C34H41N3O2/c1-3-8-25-11-13-27(14-12-25)32-30-23-28(15-16-31(30)37-33(32)29-10-7-20-35-24(29)2)34(38)36-19-6-4-5-9-26-17-21-39-22-18-26/h3,10-16,20,23-24,26,37H,1,4-9,17-19,21-22H2,2H3,(H,36,38). The summed E-state index contributed by atoms with van der Waals surface area (Å²) in [5.41, 5.74) is 7.52. The number of benzene rings is 2. The van der Waals surface area contributed by atoms with E-state index in [1.165, 1.54) is 36.8 Å². The van der Waals surface area contributed by atoms with Crippen LogP contribution in [0.3, 0.4) is 0 Å². The molecule has 1 aromatic heterocycles. The van der Waals surface area contributed by atoms with E-state index in [1.54, 1.807) is 0 Å². The van der Waals surface area contributed by atoms with E-state index >= 15 is 0 Å². The largest absolute Gasteiger partial charge is 0.381 e. The van der Waals surface area contributed by atoms with E-state index in [0.717, 1.165) is 72.5 Å². The van der Waals surface area contributed by atoms with E-state index in [0.29, 0.717) is 12.1 Å². The molecule has 5 nitrogen and oxygen atoms in total. The van der Waals surface area contributed by atoms with Gasteiger partial charge in [-0.1, -0.05) is 55.7 Å². The van der Waals surface area contributed by atoms with Gasteiger partial charge >= 0.3 is 0 Å². The summed E-state index contributed by atoms with van der Waals surface area (Å²) in [7, 11) is 0. The zero-order chi connectivity index (χ0) is 27.0. The number of dihydropyridines is 1. The molecule has 0 spiro atoms. The number of hydrogen-bond donors (Lipinski definition) is 2. The number of aromatic nitrogens is 1. The van der Waals surface area contributed by atoms with Crippen molar-refractivity contribution in [3.05, 3.63) is 78.0 Å². The Hall–Kier alpha value is -3.44. The molecule has 2 aliphatic heterocycles. The SMILES string of the molecule is C=CCc1ccc(-c2c(C3=CCC=NC3C)[nH]c3ccc(C(=O)NCCCCCC4CCOCC4)cc23)cc1. The highest BCUT2D eigenvalue weighted by molar-refractivity contribution is 6.06. The Bertz CT molecular complexity index is 1340. The number of aromatic amines is 1.